The van der Waals surface area contributed by atoms with E-state index in [0.717, 1.165) is 0 Å². The van der Waals surface area contributed by atoms with Crippen LogP contribution in [0.15, 0.2) is 0 Å². The third kappa shape index (κ3) is 2.80. The van der Waals surface area contributed by atoms with Gasteiger partial charge in [-0.2, -0.15) is 0 Å². The lowest BCUT2D eigenvalue weighted by Crippen LogP contribution is -2.57. The van der Waals surface area contributed by atoms with Crippen molar-refractivity contribution in [2.24, 2.45) is 0 Å². The Kier molecular flexibility index (Phi) is 4.05. The topological polar surface area (TPSA) is 35.6 Å². The van der Waals surface area contributed by atoms with E-state index in [2.05, 4.69) is 17.3 Å². The smallest absolute Gasteiger partial charge is 0.236 e. The number of carbonyl (C=O) groups excluding carboxylic acids is 1. The quantitative estimate of drug-likeness (QED) is 0.786. The van der Waals surface area contributed by atoms with Crippen LogP contribution in [0.5, 0.6) is 0 Å². The number of likely N-dealkylation sites (N-methyl/N-ethyl adjacent to an activating group) is 1. The van der Waals surface area contributed by atoms with Gasteiger partial charge in [0.2, 0.25) is 5.91 Å². The van der Waals surface area contributed by atoms with Crippen LogP contribution in [0, 0.1) is 0 Å². The summed E-state index contributed by atoms with van der Waals surface area (Å²) in [5.41, 5.74) is 0. The second kappa shape index (κ2) is 5.36. The molecule has 4 heteroatoms. The van der Waals surface area contributed by atoms with Crippen LogP contribution in [0.3, 0.4) is 0 Å². The second-order valence-corrected chi connectivity index (χ2v) is 5.66. The molecule has 0 aromatic carbocycles. The minimum absolute atomic E-state index is 0.241. The van der Waals surface area contributed by atoms with Crippen molar-refractivity contribution in [1.82, 2.24) is 15.1 Å². The summed E-state index contributed by atoms with van der Waals surface area (Å²) >= 11 is 0. The number of amides is 1. The van der Waals surface area contributed by atoms with Gasteiger partial charge in [0.15, 0.2) is 0 Å². The van der Waals surface area contributed by atoms with E-state index in [0.29, 0.717) is 24.7 Å². The molecule has 2 heterocycles. The maximum atomic E-state index is 11.9. The number of hydrogen-bond donors (Lipinski definition) is 1. The van der Waals surface area contributed by atoms with Crippen LogP contribution in [-0.4, -0.2) is 61.5 Å². The van der Waals surface area contributed by atoms with Gasteiger partial charge in [-0.05, 0) is 32.7 Å². The molecule has 2 rings (SSSR count). The van der Waals surface area contributed by atoms with Crippen LogP contribution in [0.4, 0.5) is 0 Å². The molecule has 2 unspecified atom stereocenters. The monoisotopic (exact) mass is 239 g/mol. The van der Waals surface area contributed by atoms with Crippen LogP contribution in [0.25, 0.3) is 0 Å². The van der Waals surface area contributed by atoms with Crippen molar-refractivity contribution in [3.8, 4) is 0 Å². The van der Waals surface area contributed by atoms with E-state index in [-0.39, 0.29) is 5.91 Å². The molecule has 2 atom stereocenters. The number of hydrogen-bond acceptors (Lipinski definition) is 3. The number of fused-ring (bicyclic) bond motifs is 2. The summed E-state index contributed by atoms with van der Waals surface area (Å²) in [6.07, 6.45) is 6.25. The Morgan fingerprint density at radius 2 is 1.88 bits per heavy atom. The Hall–Kier alpha value is -0.610. The third-order valence-electron chi connectivity index (χ3n) is 4.35. The van der Waals surface area contributed by atoms with Gasteiger partial charge in [-0.15, -0.1) is 0 Å². The zero-order valence-corrected chi connectivity index (χ0v) is 11.3. The molecule has 0 radical (unpaired) electrons. The number of nitrogens with zero attached hydrogens (tertiary/aromatic N) is 2. The van der Waals surface area contributed by atoms with Crippen LogP contribution in [-0.2, 0) is 4.79 Å². The summed E-state index contributed by atoms with van der Waals surface area (Å²) < 4.78 is 0. The first-order chi connectivity index (χ1) is 8.11. The van der Waals surface area contributed by atoms with Crippen molar-refractivity contribution in [3.63, 3.8) is 0 Å². The van der Waals surface area contributed by atoms with Crippen LogP contribution < -0.4 is 5.32 Å². The van der Waals surface area contributed by atoms with Gasteiger partial charge in [-0.1, -0.05) is 6.42 Å². The highest BCUT2D eigenvalue weighted by atomic mass is 16.2. The fourth-order valence-electron chi connectivity index (χ4n) is 3.27. The molecule has 0 aromatic rings. The Labute approximate surface area is 104 Å². The van der Waals surface area contributed by atoms with Gasteiger partial charge in [0.05, 0.1) is 6.54 Å². The van der Waals surface area contributed by atoms with Crippen molar-refractivity contribution in [2.45, 2.75) is 50.2 Å². The predicted molar refractivity (Wildman–Crippen MR) is 68.9 cm³/mol. The molecule has 2 bridgehead atoms. The zero-order chi connectivity index (χ0) is 12.4. The first kappa shape index (κ1) is 12.8. The van der Waals surface area contributed by atoms with Gasteiger partial charge in [0.25, 0.3) is 0 Å². The molecule has 2 aliphatic heterocycles. The van der Waals surface area contributed by atoms with E-state index in [1.54, 1.807) is 4.90 Å². The lowest BCUT2D eigenvalue weighted by molar-refractivity contribution is -0.132. The number of carbonyl (C=O) groups is 1. The summed E-state index contributed by atoms with van der Waals surface area (Å²) in [7, 11) is 5.75. The SMILES string of the molecule is CNC1CC2CCCC(C1)N2CC(=O)N(C)C. The second-order valence-electron chi connectivity index (χ2n) is 5.66. The Balaban J connectivity index is 2.00. The molecule has 0 spiro atoms. The van der Waals surface area contributed by atoms with Crippen LogP contribution in [0.1, 0.15) is 32.1 Å². The van der Waals surface area contributed by atoms with Gasteiger partial charge < -0.3 is 10.2 Å². The average Bonchev–Trinajstić information content (AvgIpc) is 2.28. The van der Waals surface area contributed by atoms with E-state index in [1.165, 1.54) is 32.1 Å². The van der Waals surface area contributed by atoms with Crippen LogP contribution in [0.2, 0.25) is 0 Å². The molecule has 0 aliphatic carbocycles. The molecule has 1 amide bonds. The third-order valence-corrected chi connectivity index (χ3v) is 4.35. The molecule has 2 aliphatic rings. The van der Waals surface area contributed by atoms with Crippen molar-refractivity contribution in [3.05, 3.63) is 0 Å². The summed E-state index contributed by atoms with van der Waals surface area (Å²) in [6, 6.07) is 1.88. The standard InChI is InChI=1S/C13H25N3O/c1-14-10-7-11-5-4-6-12(8-10)16(11)9-13(17)15(2)3/h10-12,14H,4-9H2,1-3H3. The van der Waals surface area contributed by atoms with E-state index < -0.39 is 0 Å². The van der Waals surface area contributed by atoms with Crippen molar-refractivity contribution < 1.29 is 4.79 Å². The van der Waals surface area contributed by atoms with Gasteiger partial charge in [-0.3, -0.25) is 9.69 Å². The molecule has 0 saturated carbocycles. The van der Waals surface area contributed by atoms with E-state index in [1.807, 2.05) is 14.1 Å². The largest absolute Gasteiger partial charge is 0.348 e. The molecule has 1 N–H and O–H groups in total. The molecule has 17 heavy (non-hydrogen) atoms. The molecular weight excluding hydrogens is 214 g/mol. The first-order valence-electron chi connectivity index (χ1n) is 6.75. The fraction of sp³-hybridized carbons (Fsp3) is 0.923. The molecule has 4 nitrogen and oxygen atoms in total. The van der Waals surface area contributed by atoms with Crippen LogP contribution >= 0.6 is 0 Å². The van der Waals surface area contributed by atoms with E-state index >= 15 is 0 Å². The Bertz CT molecular complexity index is 266. The Morgan fingerprint density at radius 3 is 2.35 bits per heavy atom. The summed E-state index contributed by atoms with van der Waals surface area (Å²) in [6.45, 7) is 0.610. The van der Waals surface area contributed by atoms with Gasteiger partial charge in [-0.25, -0.2) is 0 Å². The molecule has 98 valence electrons. The normalized spacial score (nSPS) is 33.5. The fourth-order valence-corrected chi connectivity index (χ4v) is 3.27. The maximum Gasteiger partial charge on any atom is 0.236 e. The van der Waals surface area contributed by atoms with Crippen molar-refractivity contribution in [2.75, 3.05) is 27.7 Å². The highest BCUT2D eigenvalue weighted by Crippen LogP contribution is 2.33. The van der Waals surface area contributed by atoms with E-state index in [4.69, 9.17) is 0 Å². The molecule has 2 saturated heterocycles. The highest BCUT2D eigenvalue weighted by Gasteiger charge is 2.38. The molecule has 0 aromatic heterocycles. The van der Waals surface area contributed by atoms with Gasteiger partial charge in [0, 0.05) is 32.2 Å². The number of piperidine rings is 2. The average molecular weight is 239 g/mol. The predicted octanol–water partition coefficient (Wildman–Crippen LogP) is 0.680. The van der Waals surface area contributed by atoms with Crippen molar-refractivity contribution in [1.29, 1.82) is 0 Å². The summed E-state index contributed by atoms with van der Waals surface area (Å²) in [4.78, 5) is 16.0. The summed E-state index contributed by atoms with van der Waals surface area (Å²) in [5, 5.41) is 3.41. The summed E-state index contributed by atoms with van der Waals surface area (Å²) in [5.74, 6) is 0.241. The lowest BCUT2D eigenvalue weighted by atomic mass is 9.82. The Morgan fingerprint density at radius 1 is 1.29 bits per heavy atom. The number of nitrogens with one attached hydrogen (secondary N) is 1. The van der Waals surface area contributed by atoms with Crippen molar-refractivity contribution >= 4 is 5.91 Å². The van der Waals surface area contributed by atoms with Gasteiger partial charge >= 0.3 is 0 Å². The van der Waals surface area contributed by atoms with Gasteiger partial charge in [0.1, 0.15) is 0 Å². The maximum absolute atomic E-state index is 11.9. The highest BCUT2D eigenvalue weighted by molar-refractivity contribution is 5.77. The lowest BCUT2D eigenvalue weighted by Gasteiger charge is -2.48. The molecule has 2 fully saturated rings. The zero-order valence-electron chi connectivity index (χ0n) is 11.3. The minimum Gasteiger partial charge on any atom is -0.348 e. The minimum atomic E-state index is 0.241. The number of rotatable bonds is 3. The first-order valence-corrected chi connectivity index (χ1v) is 6.75. The molecular formula is C13H25N3O. The van der Waals surface area contributed by atoms with E-state index in [9.17, 15) is 4.79 Å².